The third kappa shape index (κ3) is 3.18. The van der Waals surface area contributed by atoms with Gasteiger partial charge in [0.25, 0.3) is 0 Å². The minimum Gasteiger partial charge on any atom is -0.481 e. The van der Waals surface area contributed by atoms with Crippen LogP contribution in [0.2, 0.25) is 0 Å². The van der Waals surface area contributed by atoms with Crippen molar-refractivity contribution in [3.05, 3.63) is 52.8 Å². The fraction of sp³-hybridized carbons (Fsp3) is 0.389. The van der Waals surface area contributed by atoms with Crippen molar-refractivity contribution in [1.82, 2.24) is 15.1 Å². The molecule has 0 spiro atoms. The molecule has 1 aromatic heterocycles. The predicted molar refractivity (Wildman–Crippen MR) is 88.6 cm³/mol. The Hall–Kier alpha value is -2.63. The Balaban J connectivity index is 1.65. The van der Waals surface area contributed by atoms with Gasteiger partial charge < -0.3 is 10.4 Å². The van der Waals surface area contributed by atoms with Gasteiger partial charge in [-0.1, -0.05) is 24.3 Å². The molecule has 2 N–H and O–H groups in total. The molecule has 0 fully saturated rings. The smallest absolute Gasteiger partial charge is 0.311 e. The summed E-state index contributed by atoms with van der Waals surface area (Å²) in [4.78, 5) is 23.7. The number of carboxylic acid groups (broad SMARTS) is 1. The zero-order valence-electron chi connectivity index (χ0n) is 13.8. The topological polar surface area (TPSA) is 84.2 Å². The van der Waals surface area contributed by atoms with Crippen molar-refractivity contribution in [3.8, 4) is 0 Å². The van der Waals surface area contributed by atoms with Gasteiger partial charge in [-0.25, -0.2) is 0 Å². The first-order valence-corrected chi connectivity index (χ1v) is 8.06. The second-order valence-corrected chi connectivity index (χ2v) is 6.29. The molecule has 6 nitrogen and oxygen atoms in total. The van der Waals surface area contributed by atoms with E-state index in [4.69, 9.17) is 0 Å². The summed E-state index contributed by atoms with van der Waals surface area (Å²) >= 11 is 0. The van der Waals surface area contributed by atoms with Crippen LogP contribution in [0, 0.1) is 6.92 Å². The summed E-state index contributed by atoms with van der Waals surface area (Å²) in [6, 6.07) is 7.21. The lowest BCUT2D eigenvalue weighted by atomic mass is 10.0. The molecule has 24 heavy (non-hydrogen) atoms. The summed E-state index contributed by atoms with van der Waals surface area (Å²) in [7, 11) is 1.86. The van der Waals surface area contributed by atoms with E-state index in [1.54, 1.807) is 4.68 Å². The number of carbonyl (C=O) groups excluding carboxylic acids is 1. The molecule has 0 saturated carbocycles. The molecule has 0 radical (unpaired) electrons. The Morgan fingerprint density at radius 3 is 2.67 bits per heavy atom. The molecule has 0 aliphatic heterocycles. The highest BCUT2D eigenvalue weighted by Crippen LogP contribution is 2.40. The van der Waals surface area contributed by atoms with Crippen LogP contribution in [0.15, 0.2) is 30.5 Å². The lowest BCUT2D eigenvalue weighted by Gasteiger charge is -2.14. The fourth-order valence-electron chi connectivity index (χ4n) is 3.41. The molecule has 0 bridgehead atoms. The second kappa shape index (κ2) is 6.47. The Morgan fingerprint density at radius 1 is 1.33 bits per heavy atom. The zero-order valence-corrected chi connectivity index (χ0v) is 13.8. The first kappa shape index (κ1) is 16.2. The molecule has 1 amide bonds. The van der Waals surface area contributed by atoms with Crippen molar-refractivity contribution in [2.75, 3.05) is 0 Å². The second-order valence-electron chi connectivity index (χ2n) is 6.29. The molecule has 6 heteroatoms. The van der Waals surface area contributed by atoms with Gasteiger partial charge in [-0.05, 0) is 36.5 Å². The minimum absolute atomic E-state index is 0.0657. The van der Waals surface area contributed by atoms with Crippen LogP contribution >= 0.6 is 0 Å². The number of nitrogens with one attached hydrogen (secondary N) is 1. The van der Waals surface area contributed by atoms with E-state index in [1.165, 1.54) is 0 Å². The third-order valence-electron chi connectivity index (χ3n) is 4.59. The molecule has 3 rings (SSSR count). The number of aromatic nitrogens is 2. The first-order valence-electron chi connectivity index (χ1n) is 8.06. The average Bonchev–Trinajstić information content (AvgIpc) is 3.06. The van der Waals surface area contributed by atoms with Crippen LogP contribution in [0.1, 0.15) is 47.2 Å². The Labute approximate surface area is 140 Å². The standard InChI is InChI=1S/C18H21N3O3/c1-11-12(10-21(2)20-11)7-8-17(22)19-16-9-15(18(23)24)13-5-3-4-6-14(13)16/h3-6,10,15-16H,7-9H2,1-2H3,(H,19,22)(H,23,24). The molecular weight excluding hydrogens is 306 g/mol. The van der Waals surface area contributed by atoms with Crippen LogP contribution in [0.4, 0.5) is 0 Å². The van der Waals surface area contributed by atoms with Crippen LogP contribution < -0.4 is 5.32 Å². The molecule has 1 heterocycles. The third-order valence-corrected chi connectivity index (χ3v) is 4.59. The Morgan fingerprint density at radius 2 is 2.04 bits per heavy atom. The number of fused-ring (bicyclic) bond motifs is 1. The lowest BCUT2D eigenvalue weighted by Crippen LogP contribution is -2.27. The molecule has 1 aromatic carbocycles. The van der Waals surface area contributed by atoms with Gasteiger partial charge in [0, 0.05) is 19.7 Å². The van der Waals surface area contributed by atoms with E-state index < -0.39 is 11.9 Å². The van der Waals surface area contributed by atoms with Crippen molar-refractivity contribution < 1.29 is 14.7 Å². The zero-order chi connectivity index (χ0) is 17.3. The fourth-order valence-corrected chi connectivity index (χ4v) is 3.41. The number of aryl methyl sites for hydroxylation is 3. The average molecular weight is 327 g/mol. The normalized spacial score (nSPS) is 19.1. The SMILES string of the molecule is Cc1nn(C)cc1CCC(=O)NC1CC(C(=O)O)c2ccccc21. The van der Waals surface area contributed by atoms with E-state index in [-0.39, 0.29) is 11.9 Å². The lowest BCUT2D eigenvalue weighted by molar-refractivity contribution is -0.139. The van der Waals surface area contributed by atoms with Gasteiger partial charge in [-0.2, -0.15) is 5.10 Å². The molecule has 2 unspecified atom stereocenters. The summed E-state index contributed by atoms with van der Waals surface area (Å²) in [5.41, 5.74) is 3.71. The van der Waals surface area contributed by atoms with E-state index in [1.807, 2.05) is 44.4 Å². The molecule has 1 aliphatic carbocycles. The van der Waals surface area contributed by atoms with Gasteiger partial charge in [0.1, 0.15) is 0 Å². The predicted octanol–water partition coefficient (Wildman–Crippen LogP) is 2.09. The van der Waals surface area contributed by atoms with Crippen LogP contribution in [-0.2, 0) is 23.1 Å². The van der Waals surface area contributed by atoms with Gasteiger partial charge in [-0.15, -0.1) is 0 Å². The minimum atomic E-state index is -0.842. The van der Waals surface area contributed by atoms with Gasteiger partial charge in [0.15, 0.2) is 0 Å². The molecular formula is C18H21N3O3. The first-order chi connectivity index (χ1) is 11.5. The van der Waals surface area contributed by atoms with E-state index in [9.17, 15) is 14.7 Å². The quantitative estimate of drug-likeness (QED) is 0.881. The van der Waals surface area contributed by atoms with Gasteiger partial charge >= 0.3 is 5.97 Å². The maximum absolute atomic E-state index is 12.3. The van der Waals surface area contributed by atoms with Crippen molar-refractivity contribution in [1.29, 1.82) is 0 Å². The van der Waals surface area contributed by atoms with Crippen molar-refractivity contribution in [3.63, 3.8) is 0 Å². The van der Waals surface area contributed by atoms with E-state index in [0.717, 1.165) is 22.4 Å². The van der Waals surface area contributed by atoms with Gasteiger partial charge in [0.05, 0.1) is 17.7 Å². The number of aliphatic carboxylic acids is 1. The van der Waals surface area contributed by atoms with E-state index >= 15 is 0 Å². The maximum atomic E-state index is 12.3. The summed E-state index contributed by atoms with van der Waals surface area (Å²) in [5.74, 6) is -1.46. The molecule has 2 aromatic rings. The number of rotatable bonds is 5. The molecule has 126 valence electrons. The largest absolute Gasteiger partial charge is 0.481 e. The summed E-state index contributed by atoms with van der Waals surface area (Å²) in [6.45, 7) is 1.93. The van der Waals surface area contributed by atoms with Crippen LogP contribution in [0.5, 0.6) is 0 Å². The summed E-state index contributed by atoms with van der Waals surface area (Å²) < 4.78 is 1.74. The number of amides is 1. The number of hydrogen-bond acceptors (Lipinski definition) is 3. The maximum Gasteiger partial charge on any atom is 0.311 e. The number of carbonyl (C=O) groups is 2. The molecule has 2 atom stereocenters. The van der Waals surface area contributed by atoms with Crippen LogP contribution in [0.3, 0.4) is 0 Å². The van der Waals surface area contributed by atoms with Crippen molar-refractivity contribution in [2.45, 2.75) is 38.1 Å². The highest BCUT2D eigenvalue weighted by molar-refractivity contribution is 5.80. The number of benzene rings is 1. The van der Waals surface area contributed by atoms with E-state index in [0.29, 0.717) is 19.3 Å². The Kier molecular flexibility index (Phi) is 4.38. The van der Waals surface area contributed by atoms with Gasteiger partial charge in [0.2, 0.25) is 5.91 Å². The number of nitrogens with zero attached hydrogens (tertiary/aromatic N) is 2. The van der Waals surface area contributed by atoms with Crippen molar-refractivity contribution >= 4 is 11.9 Å². The van der Waals surface area contributed by atoms with Crippen molar-refractivity contribution in [2.24, 2.45) is 7.05 Å². The van der Waals surface area contributed by atoms with Crippen LogP contribution in [0.25, 0.3) is 0 Å². The summed E-state index contributed by atoms with van der Waals surface area (Å²) in [5, 5.41) is 16.6. The van der Waals surface area contributed by atoms with E-state index in [2.05, 4.69) is 10.4 Å². The highest BCUT2D eigenvalue weighted by atomic mass is 16.4. The number of hydrogen-bond donors (Lipinski definition) is 2. The highest BCUT2D eigenvalue weighted by Gasteiger charge is 2.35. The van der Waals surface area contributed by atoms with Crippen LogP contribution in [-0.4, -0.2) is 26.8 Å². The monoisotopic (exact) mass is 327 g/mol. The molecule has 1 aliphatic rings. The Bertz CT molecular complexity index is 782. The molecule has 0 saturated heterocycles. The summed E-state index contributed by atoms with van der Waals surface area (Å²) in [6.07, 6.45) is 3.32. The van der Waals surface area contributed by atoms with Gasteiger partial charge in [-0.3, -0.25) is 14.3 Å². The number of carboxylic acids is 1.